The molecule has 6 nitrogen and oxygen atoms in total. The van der Waals surface area contributed by atoms with E-state index in [2.05, 4.69) is 56.0 Å². The summed E-state index contributed by atoms with van der Waals surface area (Å²) in [6.07, 6.45) is 10.1. The van der Waals surface area contributed by atoms with Gasteiger partial charge in [0.2, 0.25) is 0 Å². The highest BCUT2D eigenvalue weighted by Crippen LogP contribution is 2.34. The van der Waals surface area contributed by atoms with Crippen LogP contribution in [-0.2, 0) is 6.54 Å². The van der Waals surface area contributed by atoms with Crippen molar-refractivity contribution in [1.82, 2.24) is 14.5 Å². The summed E-state index contributed by atoms with van der Waals surface area (Å²) in [6.45, 7) is 2.75. The Kier molecular flexibility index (Phi) is 4.36. The molecule has 1 saturated heterocycles. The third kappa shape index (κ3) is 3.29. The smallest absolute Gasteiger partial charge is 0.183 e. The Labute approximate surface area is 164 Å². The summed E-state index contributed by atoms with van der Waals surface area (Å²) in [5.41, 5.74) is 1.66. The van der Waals surface area contributed by atoms with Gasteiger partial charge >= 0.3 is 0 Å². The van der Waals surface area contributed by atoms with Crippen LogP contribution < -0.4 is 9.64 Å². The van der Waals surface area contributed by atoms with Gasteiger partial charge in [-0.3, -0.25) is 0 Å². The van der Waals surface area contributed by atoms with E-state index in [1.165, 1.54) is 23.7 Å². The molecule has 3 heterocycles. The van der Waals surface area contributed by atoms with Gasteiger partial charge in [-0.2, -0.15) is 5.26 Å². The number of benzene rings is 1. The second-order valence-corrected chi connectivity index (χ2v) is 7.75. The Bertz CT molecular complexity index is 1020. The molecule has 3 aromatic rings. The fourth-order valence-electron chi connectivity index (χ4n) is 4.04. The van der Waals surface area contributed by atoms with E-state index in [9.17, 15) is 5.26 Å². The van der Waals surface area contributed by atoms with Crippen LogP contribution in [0, 0.1) is 17.2 Å². The average Bonchev–Trinajstić information content (AvgIpc) is 3.47. The fourth-order valence-corrected chi connectivity index (χ4v) is 4.04. The number of piperidine rings is 1. The topological polar surface area (TPSA) is 67.0 Å². The third-order valence-electron chi connectivity index (χ3n) is 5.75. The standard InChI is InChI=1S/C22H23N5O/c23-14-19-22(25-10-9-24-19)26-11-6-17(7-12-26)28-21-3-1-2-20-18(21)8-13-27(20)15-16-4-5-16/h1-3,8-10,13,16-17H,4-7,11-12,15H2. The van der Waals surface area contributed by atoms with Crippen LogP contribution in [0.1, 0.15) is 31.4 Å². The lowest BCUT2D eigenvalue weighted by molar-refractivity contribution is 0.173. The normalized spacial score (nSPS) is 17.6. The second-order valence-electron chi connectivity index (χ2n) is 7.75. The van der Waals surface area contributed by atoms with Gasteiger partial charge in [-0.05, 0) is 37.0 Å². The number of hydrogen-bond donors (Lipinski definition) is 0. The molecule has 6 heteroatoms. The van der Waals surface area contributed by atoms with Crippen LogP contribution >= 0.6 is 0 Å². The number of nitriles is 1. The van der Waals surface area contributed by atoms with Crippen LogP contribution in [0.5, 0.6) is 5.75 Å². The monoisotopic (exact) mass is 373 g/mol. The van der Waals surface area contributed by atoms with Crippen LogP contribution in [0.25, 0.3) is 10.9 Å². The maximum absolute atomic E-state index is 9.25. The largest absolute Gasteiger partial charge is 0.490 e. The number of fused-ring (bicyclic) bond motifs is 1. The van der Waals surface area contributed by atoms with E-state index in [0.29, 0.717) is 11.5 Å². The summed E-state index contributed by atoms with van der Waals surface area (Å²) < 4.78 is 8.76. The van der Waals surface area contributed by atoms with Gasteiger partial charge in [-0.15, -0.1) is 0 Å². The molecule has 2 aromatic heterocycles. The molecule has 0 radical (unpaired) electrons. The molecule has 2 aliphatic rings. The minimum atomic E-state index is 0.177. The molecular formula is C22H23N5O. The number of ether oxygens (including phenoxy) is 1. The second kappa shape index (κ2) is 7.16. The zero-order chi connectivity index (χ0) is 18.9. The zero-order valence-electron chi connectivity index (χ0n) is 15.8. The molecular weight excluding hydrogens is 350 g/mol. The predicted molar refractivity (Wildman–Crippen MR) is 107 cm³/mol. The lowest BCUT2D eigenvalue weighted by Crippen LogP contribution is -2.39. The van der Waals surface area contributed by atoms with Gasteiger partial charge in [0.1, 0.15) is 17.9 Å². The van der Waals surface area contributed by atoms with Crippen molar-refractivity contribution in [2.45, 2.75) is 38.3 Å². The third-order valence-corrected chi connectivity index (χ3v) is 5.75. The SMILES string of the molecule is N#Cc1nccnc1N1CCC(Oc2cccc3c2ccn3CC2CC2)CC1. The molecule has 5 rings (SSSR count). The highest BCUT2D eigenvalue weighted by molar-refractivity contribution is 5.86. The number of nitrogens with zero attached hydrogens (tertiary/aromatic N) is 5. The quantitative estimate of drug-likeness (QED) is 0.681. The van der Waals surface area contributed by atoms with E-state index in [1.54, 1.807) is 12.4 Å². The number of rotatable bonds is 5. The minimum Gasteiger partial charge on any atom is -0.490 e. The molecule has 0 amide bonds. The maximum atomic E-state index is 9.25. The lowest BCUT2D eigenvalue weighted by atomic mass is 10.1. The van der Waals surface area contributed by atoms with Crippen molar-refractivity contribution in [2.75, 3.05) is 18.0 Å². The molecule has 1 aliphatic carbocycles. The van der Waals surface area contributed by atoms with Gasteiger partial charge in [-0.25, -0.2) is 9.97 Å². The Morgan fingerprint density at radius 2 is 1.89 bits per heavy atom. The summed E-state index contributed by atoms with van der Waals surface area (Å²) in [5, 5.41) is 10.5. The molecule has 0 spiro atoms. The molecule has 1 saturated carbocycles. The number of hydrogen-bond acceptors (Lipinski definition) is 5. The van der Waals surface area contributed by atoms with Crippen molar-refractivity contribution in [3.63, 3.8) is 0 Å². The van der Waals surface area contributed by atoms with Gasteiger partial charge in [0.25, 0.3) is 0 Å². The molecule has 0 unspecified atom stereocenters. The van der Waals surface area contributed by atoms with Gasteiger partial charge < -0.3 is 14.2 Å². The van der Waals surface area contributed by atoms with E-state index in [-0.39, 0.29) is 6.10 Å². The highest BCUT2D eigenvalue weighted by Gasteiger charge is 2.25. The molecule has 1 aromatic carbocycles. The molecule has 0 bridgehead atoms. The average molecular weight is 373 g/mol. The first-order valence-electron chi connectivity index (χ1n) is 10.0. The van der Waals surface area contributed by atoms with Crippen molar-refractivity contribution < 1.29 is 4.74 Å². The van der Waals surface area contributed by atoms with Gasteiger partial charge in [-0.1, -0.05) is 6.07 Å². The molecule has 142 valence electrons. The first-order chi connectivity index (χ1) is 13.8. The van der Waals surface area contributed by atoms with E-state index < -0.39 is 0 Å². The van der Waals surface area contributed by atoms with Crippen LogP contribution in [0.3, 0.4) is 0 Å². The van der Waals surface area contributed by atoms with E-state index in [1.807, 2.05) is 0 Å². The molecule has 2 fully saturated rings. The fraction of sp³-hybridized carbons (Fsp3) is 0.409. The summed E-state index contributed by atoms with van der Waals surface area (Å²) in [5.74, 6) is 2.51. The van der Waals surface area contributed by atoms with Gasteiger partial charge in [0.15, 0.2) is 11.5 Å². The summed E-state index contributed by atoms with van der Waals surface area (Å²) in [4.78, 5) is 10.6. The van der Waals surface area contributed by atoms with E-state index in [0.717, 1.165) is 44.1 Å². The lowest BCUT2D eigenvalue weighted by Gasteiger charge is -2.33. The minimum absolute atomic E-state index is 0.177. The van der Waals surface area contributed by atoms with Crippen molar-refractivity contribution in [3.8, 4) is 11.8 Å². The zero-order valence-corrected chi connectivity index (χ0v) is 15.8. The molecule has 1 aliphatic heterocycles. The Hall–Kier alpha value is -3.07. The van der Waals surface area contributed by atoms with Crippen molar-refractivity contribution in [2.24, 2.45) is 5.92 Å². The van der Waals surface area contributed by atoms with Crippen LogP contribution in [0.2, 0.25) is 0 Å². The molecule has 0 N–H and O–H groups in total. The van der Waals surface area contributed by atoms with Crippen molar-refractivity contribution in [3.05, 3.63) is 48.5 Å². The maximum Gasteiger partial charge on any atom is 0.183 e. The molecule has 28 heavy (non-hydrogen) atoms. The van der Waals surface area contributed by atoms with Gasteiger partial charge in [0.05, 0.1) is 5.52 Å². The number of aromatic nitrogens is 3. The highest BCUT2D eigenvalue weighted by atomic mass is 16.5. The Morgan fingerprint density at radius 1 is 1.07 bits per heavy atom. The van der Waals surface area contributed by atoms with E-state index in [4.69, 9.17) is 4.74 Å². The van der Waals surface area contributed by atoms with Gasteiger partial charge in [0, 0.05) is 56.5 Å². The summed E-state index contributed by atoms with van der Waals surface area (Å²) >= 11 is 0. The molecule has 0 atom stereocenters. The Morgan fingerprint density at radius 3 is 2.68 bits per heavy atom. The summed E-state index contributed by atoms with van der Waals surface area (Å²) in [7, 11) is 0. The summed E-state index contributed by atoms with van der Waals surface area (Å²) in [6, 6.07) is 10.7. The van der Waals surface area contributed by atoms with Crippen LogP contribution in [0.15, 0.2) is 42.9 Å². The van der Waals surface area contributed by atoms with E-state index >= 15 is 0 Å². The van der Waals surface area contributed by atoms with Crippen molar-refractivity contribution in [1.29, 1.82) is 5.26 Å². The first-order valence-corrected chi connectivity index (χ1v) is 10.0. The number of anilines is 1. The van der Waals surface area contributed by atoms with Crippen LogP contribution in [0.4, 0.5) is 5.82 Å². The Balaban J connectivity index is 1.28. The van der Waals surface area contributed by atoms with Crippen molar-refractivity contribution >= 4 is 16.7 Å². The van der Waals surface area contributed by atoms with Crippen LogP contribution in [-0.4, -0.2) is 33.7 Å². The predicted octanol–water partition coefficient (Wildman–Crippen LogP) is 3.76. The first kappa shape index (κ1) is 17.1.